The Bertz CT molecular complexity index is 549. The summed E-state index contributed by atoms with van der Waals surface area (Å²) < 4.78 is 7.25. The van der Waals surface area contributed by atoms with Gasteiger partial charge in [0.2, 0.25) is 0 Å². The van der Waals surface area contributed by atoms with Gasteiger partial charge in [0.25, 0.3) is 0 Å². The number of aromatic nitrogens is 2. The van der Waals surface area contributed by atoms with Crippen molar-refractivity contribution in [1.82, 2.24) is 14.9 Å². The first-order chi connectivity index (χ1) is 10.3. The molecule has 0 aromatic carbocycles. The second-order valence-corrected chi connectivity index (χ2v) is 7.35. The van der Waals surface area contributed by atoms with Crippen LogP contribution in [0.3, 0.4) is 0 Å². The highest BCUT2D eigenvalue weighted by atomic mass is 127. The van der Waals surface area contributed by atoms with Crippen LogP contribution < -0.4 is 5.32 Å². The van der Waals surface area contributed by atoms with Crippen molar-refractivity contribution in [3.05, 3.63) is 15.1 Å². The molecule has 3 heterocycles. The summed E-state index contributed by atoms with van der Waals surface area (Å²) >= 11 is 2.37. The molecule has 1 N–H and O–H groups in total. The lowest BCUT2D eigenvalue weighted by Gasteiger charge is -2.34. The maximum Gasteiger partial charge on any atom is 0.161 e. The Morgan fingerprint density at radius 1 is 1.29 bits per heavy atom. The molecule has 1 aliphatic carbocycles. The van der Waals surface area contributed by atoms with Gasteiger partial charge in [0, 0.05) is 25.6 Å². The first-order valence-electron chi connectivity index (χ1n) is 7.87. The van der Waals surface area contributed by atoms with Crippen LogP contribution >= 0.6 is 22.6 Å². The molecular formula is C15H21IN4O. The summed E-state index contributed by atoms with van der Waals surface area (Å²) in [4.78, 5) is 12.1. The molecule has 1 aromatic heterocycles. The highest BCUT2D eigenvalue weighted by Gasteiger charge is 2.36. The molecule has 21 heavy (non-hydrogen) atoms. The number of hydrogen-bond acceptors (Lipinski definition) is 5. The molecule has 0 radical (unpaired) electrons. The third-order valence-corrected chi connectivity index (χ3v) is 5.84. The molecule has 2 unspecified atom stereocenters. The van der Waals surface area contributed by atoms with Gasteiger partial charge in [-0.1, -0.05) is 0 Å². The molecule has 0 amide bonds. The van der Waals surface area contributed by atoms with E-state index in [1.807, 2.05) is 7.05 Å². The average Bonchev–Trinajstić information content (AvgIpc) is 3.24. The van der Waals surface area contributed by atoms with E-state index < -0.39 is 0 Å². The van der Waals surface area contributed by atoms with Crippen molar-refractivity contribution in [3.63, 3.8) is 0 Å². The van der Waals surface area contributed by atoms with E-state index in [1.54, 1.807) is 0 Å². The topological polar surface area (TPSA) is 50.3 Å². The van der Waals surface area contributed by atoms with Gasteiger partial charge in [0.1, 0.15) is 11.9 Å². The fourth-order valence-corrected chi connectivity index (χ4v) is 4.34. The number of fused-ring (bicyclic) bond motifs is 1. The predicted octanol–water partition coefficient (Wildman–Crippen LogP) is 2.54. The maximum atomic E-state index is 6.08. The van der Waals surface area contributed by atoms with Crippen molar-refractivity contribution in [2.24, 2.45) is 0 Å². The van der Waals surface area contributed by atoms with Crippen LogP contribution in [-0.2, 0) is 4.74 Å². The Kier molecular flexibility index (Phi) is 3.79. The minimum atomic E-state index is 0.0287. The van der Waals surface area contributed by atoms with E-state index in [1.165, 1.54) is 41.5 Å². The van der Waals surface area contributed by atoms with E-state index in [9.17, 15) is 0 Å². The van der Waals surface area contributed by atoms with E-state index in [2.05, 4.69) is 32.8 Å². The summed E-state index contributed by atoms with van der Waals surface area (Å²) in [5, 5.41) is 3.22. The number of nitrogens with zero attached hydrogens (tertiary/aromatic N) is 3. The van der Waals surface area contributed by atoms with Crippen LogP contribution in [0.5, 0.6) is 0 Å². The summed E-state index contributed by atoms with van der Waals surface area (Å²) in [6, 6.07) is 0.622. The largest absolute Gasteiger partial charge is 0.372 e. The summed E-state index contributed by atoms with van der Waals surface area (Å²) in [6.07, 6.45) is 5.12. The number of ether oxygens (including phenoxy) is 1. The molecule has 3 fully saturated rings. The average molecular weight is 400 g/mol. The molecule has 4 rings (SSSR count). The molecule has 6 heteroatoms. The van der Waals surface area contributed by atoms with E-state index in [0.29, 0.717) is 12.0 Å². The maximum absolute atomic E-state index is 6.08. The monoisotopic (exact) mass is 400 g/mol. The van der Waals surface area contributed by atoms with Crippen LogP contribution in [0.15, 0.2) is 0 Å². The molecule has 0 spiro atoms. The predicted molar refractivity (Wildman–Crippen MR) is 89.6 cm³/mol. The molecule has 114 valence electrons. The minimum absolute atomic E-state index is 0.0287. The Morgan fingerprint density at radius 3 is 2.90 bits per heavy atom. The smallest absolute Gasteiger partial charge is 0.161 e. The Balaban J connectivity index is 1.63. The van der Waals surface area contributed by atoms with E-state index in [0.717, 1.165) is 24.8 Å². The van der Waals surface area contributed by atoms with Gasteiger partial charge in [0.15, 0.2) is 5.82 Å². The van der Waals surface area contributed by atoms with Crippen LogP contribution in [-0.4, -0.2) is 47.7 Å². The highest BCUT2D eigenvalue weighted by Crippen LogP contribution is 2.43. The standard InChI is InChI=1S/C15H21IN4O/c1-17-15-12(16)13(9-4-5-9)18-14(19-15)11-7-20-6-2-3-10(20)8-21-11/h9-11H,2-8H2,1H3,(H,17,18,19). The van der Waals surface area contributed by atoms with Crippen molar-refractivity contribution in [3.8, 4) is 0 Å². The van der Waals surface area contributed by atoms with Gasteiger partial charge in [-0.15, -0.1) is 0 Å². The number of nitrogens with one attached hydrogen (secondary N) is 1. The van der Waals surface area contributed by atoms with Gasteiger partial charge < -0.3 is 10.1 Å². The SMILES string of the molecule is CNc1nc(C2CN3CCCC3CO2)nc(C2CC2)c1I. The molecule has 3 aliphatic rings. The summed E-state index contributed by atoms with van der Waals surface area (Å²) in [7, 11) is 1.93. The molecular weight excluding hydrogens is 379 g/mol. The number of morpholine rings is 1. The summed E-state index contributed by atoms with van der Waals surface area (Å²) in [6.45, 7) is 2.97. The number of rotatable bonds is 3. The fourth-order valence-electron chi connectivity index (χ4n) is 3.39. The van der Waals surface area contributed by atoms with Gasteiger partial charge in [-0.2, -0.15) is 0 Å². The van der Waals surface area contributed by atoms with E-state index in [4.69, 9.17) is 14.7 Å². The van der Waals surface area contributed by atoms with Gasteiger partial charge in [-0.3, -0.25) is 4.90 Å². The van der Waals surface area contributed by atoms with Crippen molar-refractivity contribution >= 4 is 28.4 Å². The lowest BCUT2D eigenvalue weighted by atomic mass is 10.1. The quantitative estimate of drug-likeness (QED) is 0.791. The second kappa shape index (κ2) is 5.62. The summed E-state index contributed by atoms with van der Waals surface area (Å²) in [5.74, 6) is 2.45. The number of halogens is 1. The zero-order chi connectivity index (χ0) is 14.4. The Morgan fingerprint density at radius 2 is 2.14 bits per heavy atom. The molecule has 1 aromatic rings. The highest BCUT2D eigenvalue weighted by molar-refractivity contribution is 14.1. The molecule has 2 atom stereocenters. The van der Waals surface area contributed by atoms with Crippen molar-refractivity contribution in [2.45, 2.75) is 43.7 Å². The Hall–Kier alpha value is -0.470. The van der Waals surface area contributed by atoms with Crippen LogP contribution in [0.25, 0.3) is 0 Å². The molecule has 0 bridgehead atoms. The fraction of sp³-hybridized carbons (Fsp3) is 0.733. The third kappa shape index (κ3) is 2.66. The van der Waals surface area contributed by atoms with Crippen molar-refractivity contribution < 1.29 is 4.74 Å². The first kappa shape index (κ1) is 14.1. The first-order valence-corrected chi connectivity index (χ1v) is 8.95. The zero-order valence-corrected chi connectivity index (χ0v) is 14.5. The molecule has 2 aliphatic heterocycles. The normalized spacial score (nSPS) is 29.4. The van der Waals surface area contributed by atoms with Gasteiger partial charge in [0.05, 0.1) is 15.9 Å². The lowest BCUT2D eigenvalue weighted by Crippen LogP contribution is -2.43. The minimum Gasteiger partial charge on any atom is -0.372 e. The van der Waals surface area contributed by atoms with Crippen LogP contribution in [0, 0.1) is 3.57 Å². The Labute approximate surface area is 139 Å². The summed E-state index contributed by atoms with van der Waals surface area (Å²) in [5.41, 5.74) is 1.22. The van der Waals surface area contributed by atoms with Gasteiger partial charge >= 0.3 is 0 Å². The third-order valence-electron chi connectivity index (χ3n) is 4.77. The number of hydrogen-bond donors (Lipinski definition) is 1. The van der Waals surface area contributed by atoms with Crippen molar-refractivity contribution in [2.75, 3.05) is 32.1 Å². The van der Waals surface area contributed by atoms with Crippen molar-refractivity contribution in [1.29, 1.82) is 0 Å². The molecule has 2 saturated heterocycles. The van der Waals surface area contributed by atoms with Crippen LogP contribution in [0.4, 0.5) is 5.82 Å². The van der Waals surface area contributed by atoms with Crippen LogP contribution in [0.1, 0.15) is 49.2 Å². The van der Waals surface area contributed by atoms with Gasteiger partial charge in [-0.25, -0.2) is 9.97 Å². The number of anilines is 1. The molecule has 1 saturated carbocycles. The second-order valence-electron chi connectivity index (χ2n) is 6.27. The molecule has 5 nitrogen and oxygen atoms in total. The van der Waals surface area contributed by atoms with Crippen LogP contribution in [0.2, 0.25) is 0 Å². The van der Waals surface area contributed by atoms with E-state index >= 15 is 0 Å². The zero-order valence-electron chi connectivity index (χ0n) is 12.3. The van der Waals surface area contributed by atoms with Gasteiger partial charge in [-0.05, 0) is 54.8 Å². The lowest BCUT2D eigenvalue weighted by molar-refractivity contribution is -0.0541. The van der Waals surface area contributed by atoms with E-state index in [-0.39, 0.29) is 6.10 Å².